The van der Waals surface area contributed by atoms with Crippen molar-refractivity contribution in [2.75, 3.05) is 5.32 Å². The number of nitrogens with zero attached hydrogens (tertiary/aromatic N) is 1. The first-order chi connectivity index (χ1) is 9.95. The number of thiazole rings is 1. The van der Waals surface area contributed by atoms with E-state index in [-0.39, 0.29) is 11.6 Å². The molecule has 0 atom stereocenters. The van der Waals surface area contributed by atoms with E-state index in [1.54, 1.807) is 6.20 Å². The number of nitrogens with one attached hydrogen (secondary N) is 2. The number of benzene rings is 1. The maximum atomic E-state index is 11.8. The molecule has 0 fully saturated rings. The predicted octanol–water partition coefficient (Wildman–Crippen LogP) is 3.23. The van der Waals surface area contributed by atoms with E-state index >= 15 is 0 Å². The fourth-order valence-electron chi connectivity index (χ4n) is 1.56. The van der Waals surface area contributed by atoms with Crippen LogP contribution >= 0.6 is 27.3 Å². The van der Waals surface area contributed by atoms with Gasteiger partial charge in [0.25, 0.3) is 0 Å². The molecule has 3 N–H and O–H groups in total. The number of aryl methyl sites for hydroxylation is 1. The van der Waals surface area contributed by atoms with Gasteiger partial charge in [-0.3, -0.25) is 0 Å². The zero-order valence-electron chi connectivity index (χ0n) is 11.0. The Kier molecular flexibility index (Phi) is 4.92. The van der Waals surface area contributed by atoms with Crippen molar-refractivity contribution in [3.63, 3.8) is 0 Å². The molecule has 0 radical (unpaired) electrons. The van der Waals surface area contributed by atoms with Crippen molar-refractivity contribution in [1.29, 1.82) is 0 Å². The summed E-state index contributed by atoms with van der Waals surface area (Å²) in [5.41, 5.74) is 0.638. The summed E-state index contributed by atoms with van der Waals surface area (Å²) >= 11 is 4.74. The van der Waals surface area contributed by atoms with Crippen LogP contribution in [0, 0.1) is 6.92 Å². The van der Waals surface area contributed by atoms with E-state index in [2.05, 4.69) is 31.5 Å². The summed E-state index contributed by atoms with van der Waals surface area (Å²) in [6.07, 6.45) is 1.75. The second kappa shape index (κ2) is 6.68. The van der Waals surface area contributed by atoms with Crippen LogP contribution in [0.25, 0.3) is 0 Å². The highest BCUT2D eigenvalue weighted by Crippen LogP contribution is 2.23. The molecule has 1 heterocycles. The molecule has 0 bridgehead atoms. The lowest BCUT2D eigenvalue weighted by Crippen LogP contribution is -2.28. The second-order valence-corrected chi connectivity index (χ2v) is 6.35. The maximum absolute atomic E-state index is 11.8. The van der Waals surface area contributed by atoms with E-state index in [4.69, 9.17) is 5.11 Å². The Bertz CT molecular complexity index is 687. The molecular weight excluding hydrogens is 358 g/mol. The summed E-state index contributed by atoms with van der Waals surface area (Å²) in [4.78, 5) is 27.8. The van der Waals surface area contributed by atoms with Gasteiger partial charge in [-0.2, -0.15) is 0 Å². The number of anilines is 1. The molecule has 1 aromatic carbocycles. The zero-order valence-corrected chi connectivity index (χ0v) is 13.4. The molecule has 21 heavy (non-hydrogen) atoms. The number of halogens is 1. The van der Waals surface area contributed by atoms with Gasteiger partial charge < -0.3 is 15.7 Å². The van der Waals surface area contributed by atoms with Crippen LogP contribution < -0.4 is 10.6 Å². The molecule has 6 nitrogen and oxygen atoms in total. The Morgan fingerprint density at radius 3 is 2.76 bits per heavy atom. The number of hydrogen-bond acceptors (Lipinski definition) is 4. The third-order valence-electron chi connectivity index (χ3n) is 2.53. The van der Waals surface area contributed by atoms with Gasteiger partial charge in [-0.25, -0.2) is 14.6 Å². The fraction of sp³-hybridized carbons (Fsp3) is 0.154. The molecule has 0 saturated carbocycles. The molecule has 2 aromatic rings. The molecule has 0 aliphatic heterocycles. The van der Waals surface area contributed by atoms with Crippen LogP contribution in [0.2, 0.25) is 0 Å². The van der Waals surface area contributed by atoms with Gasteiger partial charge in [0.1, 0.15) is 5.01 Å². The average molecular weight is 370 g/mol. The van der Waals surface area contributed by atoms with Crippen LogP contribution in [-0.4, -0.2) is 22.1 Å². The topological polar surface area (TPSA) is 91.3 Å². The third kappa shape index (κ3) is 4.27. The van der Waals surface area contributed by atoms with Gasteiger partial charge in [0, 0.05) is 15.5 Å². The van der Waals surface area contributed by atoms with Crippen LogP contribution in [0.1, 0.15) is 20.2 Å². The van der Waals surface area contributed by atoms with Crippen LogP contribution in [0.5, 0.6) is 0 Å². The first-order valence-corrected chi connectivity index (χ1v) is 7.55. The highest BCUT2D eigenvalue weighted by Gasteiger charge is 2.09. The third-order valence-corrected chi connectivity index (χ3v) is 4.10. The van der Waals surface area contributed by atoms with E-state index in [9.17, 15) is 9.59 Å². The minimum atomic E-state index is -1.02. The SMILES string of the molecule is Cc1cnc(CNC(=O)Nc2ccc(C(=O)O)cc2Br)s1. The summed E-state index contributed by atoms with van der Waals surface area (Å²) in [6, 6.07) is 4.00. The number of urea groups is 1. The number of hydrogen-bond donors (Lipinski definition) is 3. The molecule has 0 saturated heterocycles. The lowest BCUT2D eigenvalue weighted by Gasteiger charge is -2.08. The number of carboxylic acids is 1. The predicted molar refractivity (Wildman–Crippen MR) is 83.8 cm³/mol. The van der Waals surface area contributed by atoms with E-state index in [0.29, 0.717) is 16.7 Å². The van der Waals surface area contributed by atoms with Crippen molar-refractivity contribution < 1.29 is 14.7 Å². The molecule has 0 unspecified atom stereocenters. The number of aromatic carboxylic acids is 1. The average Bonchev–Trinajstić information content (AvgIpc) is 2.84. The highest BCUT2D eigenvalue weighted by molar-refractivity contribution is 9.10. The summed E-state index contributed by atoms with van der Waals surface area (Å²) in [5.74, 6) is -1.02. The van der Waals surface area contributed by atoms with Crippen molar-refractivity contribution >= 4 is 45.0 Å². The maximum Gasteiger partial charge on any atom is 0.335 e. The van der Waals surface area contributed by atoms with Crippen molar-refractivity contribution in [3.05, 3.63) is 44.3 Å². The van der Waals surface area contributed by atoms with Crippen molar-refractivity contribution in [3.8, 4) is 0 Å². The normalized spacial score (nSPS) is 10.2. The van der Waals surface area contributed by atoms with E-state index < -0.39 is 5.97 Å². The first-order valence-electron chi connectivity index (χ1n) is 5.94. The molecule has 0 spiro atoms. The Morgan fingerprint density at radius 2 is 2.19 bits per heavy atom. The number of rotatable bonds is 4. The number of carbonyl (C=O) groups excluding carboxylic acids is 1. The van der Waals surface area contributed by atoms with Gasteiger partial charge in [-0.1, -0.05) is 0 Å². The summed E-state index contributed by atoms with van der Waals surface area (Å²) in [6.45, 7) is 2.29. The van der Waals surface area contributed by atoms with E-state index in [0.717, 1.165) is 9.88 Å². The Balaban J connectivity index is 1.94. The summed E-state index contributed by atoms with van der Waals surface area (Å²) < 4.78 is 0.502. The Morgan fingerprint density at radius 1 is 1.43 bits per heavy atom. The Labute approximate surface area is 133 Å². The summed E-state index contributed by atoms with van der Waals surface area (Å²) in [5, 5.41) is 15.0. The number of amides is 2. The second-order valence-electron chi connectivity index (χ2n) is 4.17. The highest BCUT2D eigenvalue weighted by atomic mass is 79.9. The molecule has 110 valence electrons. The number of carboxylic acid groups (broad SMARTS) is 1. The van der Waals surface area contributed by atoms with Gasteiger partial charge in [0.05, 0.1) is 17.8 Å². The van der Waals surface area contributed by atoms with Gasteiger partial charge >= 0.3 is 12.0 Å². The first kappa shape index (κ1) is 15.5. The minimum Gasteiger partial charge on any atom is -0.478 e. The molecule has 0 aliphatic rings. The van der Waals surface area contributed by atoms with Gasteiger partial charge in [-0.15, -0.1) is 11.3 Å². The minimum absolute atomic E-state index is 0.145. The smallest absolute Gasteiger partial charge is 0.335 e. The lowest BCUT2D eigenvalue weighted by molar-refractivity contribution is 0.0697. The van der Waals surface area contributed by atoms with Crippen molar-refractivity contribution in [2.24, 2.45) is 0 Å². The van der Waals surface area contributed by atoms with Gasteiger partial charge in [0.15, 0.2) is 0 Å². The van der Waals surface area contributed by atoms with Gasteiger partial charge in [0.2, 0.25) is 0 Å². The molecule has 2 amide bonds. The number of aromatic nitrogens is 1. The largest absolute Gasteiger partial charge is 0.478 e. The van der Waals surface area contributed by atoms with Crippen molar-refractivity contribution in [2.45, 2.75) is 13.5 Å². The molecule has 2 rings (SSSR count). The monoisotopic (exact) mass is 369 g/mol. The van der Waals surface area contributed by atoms with Gasteiger partial charge in [-0.05, 0) is 41.1 Å². The quantitative estimate of drug-likeness (QED) is 0.771. The van der Waals surface area contributed by atoms with Crippen molar-refractivity contribution in [1.82, 2.24) is 10.3 Å². The number of carbonyl (C=O) groups is 2. The lowest BCUT2D eigenvalue weighted by atomic mass is 10.2. The van der Waals surface area contributed by atoms with Crippen LogP contribution in [-0.2, 0) is 6.54 Å². The van der Waals surface area contributed by atoms with E-state index in [1.807, 2.05) is 6.92 Å². The molecule has 0 aliphatic carbocycles. The Hall–Kier alpha value is -1.93. The van der Waals surface area contributed by atoms with Crippen LogP contribution in [0.4, 0.5) is 10.5 Å². The molecule has 8 heteroatoms. The van der Waals surface area contributed by atoms with E-state index in [1.165, 1.54) is 29.5 Å². The molecular formula is C13H12BrN3O3S. The standard InChI is InChI=1S/C13H12BrN3O3S/c1-7-5-15-11(21-7)6-16-13(20)17-10-3-2-8(12(18)19)4-9(10)14/h2-5H,6H2,1H3,(H,18,19)(H2,16,17,20). The molecule has 1 aromatic heterocycles. The van der Waals surface area contributed by atoms with Crippen LogP contribution in [0.15, 0.2) is 28.9 Å². The van der Waals surface area contributed by atoms with Crippen LogP contribution in [0.3, 0.4) is 0 Å². The zero-order chi connectivity index (χ0) is 15.4. The summed E-state index contributed by atoms with van der Waals surface area (Å²) in [7, 11) is 0. The fourth-order valence-corrected chi connectivity index (χ4v) is 2.76.